The Morgan fingerprint density at radius 1 is 1.33 bits per heavy atom. The van der Waals surface area contributed by atoms with Gasteiger partial charge in [-0.25, -0.2) is 0 Å². The summed E-state index contributed by atoms with van der Waals surface area (Å²) in [5.74, 6) is 2.00. The first-order chi connectivity index (χ1) is 10.2. The molecule has 3 aromatic rings. The molecule has 2 N–H and O–H groups in total. The fourth-order valence-corrected chi connectivity index (χ4v) is 2.22. The largest absolute Gasteiger partial charge is 0.459 e. The van der Waals surface area contributed by atoms with Crippen LogP contribution in [-0.4, -0.2) is 22.1 Å². The van der Waals surface area contributed by atoms with Gasteiger partial charge < -0.3 is 14.7 Å². The third-order valence-corrected chi connectivity index (χ3v) is 3.59. The number of aromatic nitrogens is 2. The molecular weight excluding hydrogens is 268 g/mol. The van der Waals surface area contributed by atoms with Crippen molar-refractivity contribution >= 4 is 11.0 Å². The van der Waals surface area contributed by atoms with E-state index in [1.54, 1.807) is 0 Å². The number of nitrogens with two attached hydrogens (primary N) is 1. The Balaban J connectivity index is 1.75. The molecule has 0 saturated carbocycles. The number of para-hydroxylation sites is 1. The smallest absolute Gasteiger partial charge is 0.240 e. The average molecular weight is 286 g/mol. The summed E-state index contributed by atoms with van der Waals surface area (Å²) in [6, 6.07) is 10.2. The summed E-state index contributed by atoms with van der Waals surface area (Å²) in [4.78, 5) is 6.31. The second-order valence-corrected chi connectivity index (χ2v) is 5.09. The van der Waals surface area contributed by atoms with Gasteiger partial charge in [0, 0.05) is 5.39 Å². The van der Waals surface area contributed by atoms with Crippen molar-refractivity contribution in [2.45, 2.75) is 26.1 Å². The Morgan fingerprint density at radius 3 is 2.86 bits per heavy atom. The molecule has 1 aromatic carbocycles. The van der Waals surface area contributed by atoms with Gasteiger partial charge in [0.05, 0.1) is 19.1 Å². The maximum atomic E-state index is 5.89. The van der Waals surface area contributed by atoms with Crippen LogP contribution in [0.5, 0.6) is 0 Å². The van der Waals surface area contributed by atoms with Gasteiger partial charge in [0.2, 0.25) is 5.89 Å². The summed E-state index contributed by atoms with van der Waals surface area (Å²) in [6.07, 6.45) is 0. The van der Waals surface area contributed by atoms with Crippen LogP contribution in [-0.2, 0) is 13.1 Å². The lowest BCUT2D eigenvalue weighted by atomic mass is 10.2. The van der Waals surface area contributed by atoms with Crippen molar-refractivity contribution in [3.8, 4) is 0 Å². The van der Waals surface area contributed by atoms with Gasteiger partial charge in [-0.2, -0.15) is 4.98 Å². The molecule has 0 aliphatic heterocycles. The van der Waals surface area contributed by atoms with Crippen LogP contribution in [0.1, 0.15) is 30.4 Å². The minimum atomic E-state index is 0.109. The zero-order valence-electron chi connectivity index (χ0n) is 12.1. The number of rotatable bonds is 5. The molecule has 21 heavy (non-hydrogen) atoms. The first-order valence-corrected chi connectivity index (χ1v) is 6.87. The molecule has 0 amide bonds. The normalized spacial score (nSPS) is 13.1. The molecule has 1 atom stereocenters. The quantitative estimate of drug-likeness (QED) is 0.776. The van der Waals surface area contributed by atoms with E-state index < -0.39 is 0 Å². The van der Waals surface area contributed by atoms with Crippen LogP contribution in [0.25, 0.3) is 11.0 Å². The van der Waals surface area contributed by atoms with Gasteiger partial charge in [-0.05, 0) is 26.1 Å². The Kier molecular flexibility index (Phi) is 3.72. The molecule has 0 radical (unpaired) electrons. The number of fused-ring (bicyclic) bond motifs is 1. The lowest BCUT2D eigenvalue weighted by molar-refractivity contribution is 0.218. The predicted octanol–water partition coefficient (Wildman–Crippen LogP) is 2.47. The highest BCUT2D eigenvalue weighted by Gasteiger charge is 2.18. The molecule has 6 heteroatoms. The van der Waals surface area contributed by atoms with Gasteiger partial charge in [0.25, 0.3) is 0 Å². The van der Waals surface area contributed by atoms with Crippen molar-refractivity contribution in [1.82, 2.24) is 15.0 Å². The van der Waals surface area contributed by atoms with Crippen molar-refractivity contribution in [2.75, 3.05) is 7.05 Å². The highest BCUT2D eigenvalue weighted by Crippen LogP contribution is 2.27. The summed E-state index contributed by atoms with van der Waals surface area (Å²) in [6.45, 7) is 2.92. The van der Waals surface area contributed by atoms with Crippen LogP contribution in [0.3, 0.4) is 0 Å². The third kappa shape index (κ3) is 2.81. The summed E-state index contributed by atoms with van der Waals surface area (Å²) >= 11 is 0. The zero-order valence-corrected chi connectivity index (χ0v) is 12.1. The molecule has 3 rings (SSSR count). The summed E-state index contributed by atoms with van der Waals surface area (Å²) in [5, 5.41) is 5.02. The second-order valence-electron chi connectivity index (χ2n) is 5.09. The molecule has 0 spiro atoms. The zero-order chi connectivity index (χ0) is 14.8. The predicted molar refractivity (Wildman–Crippen MR) is 78.3 cm³/mol. The van der Waals surface area contributed by atoms with E-state index in [1.807, 2.05) is 31.3 Å². The maximum Gasteiger partial charge on any atom is 0.240 e. The van der Waals surface area contributed by atoms with E-state index in [-0.39, 0.29) is 12.6 Å². The van der Waals surface area contributed by atoms with Gasteiger partial charge in [-0.1, -0.05) is 23.4 Å². The van der Waals surface area contributed by atoms with Crippen LogP contribution >= 0.6 is 0 Å². The van der Waals surface area contributed by atoms with E-state index in [4.69, 9.17) is 14.7 Å². The number of furan rings is 1. The molecule has 0 aliphatic carbocycles. The molecule has 0 bridgehead atoms. The minimum Gasteiger partial charge on any atom is -0.459 e. The standard InChI is InChI=1S/C15H18N4O2/c1-10(13-7-11-5-3-4-6-12(11)20-13)19(2)9-14-17-15(8-16)21-18-14/h3-7,10H,8-9,16H2,1-2H3. The van der Waals surface area contributed by atoms with Gasteiger partial charge in [0.1, 0.15) is 11.3 Å². The van der Waals surface area contributed by atoms with Gasteiger partial charge in [-0.15, -0.1) is 0 Å². The Morgan fingerprint density at radius 2 is 2.14 bits per heavy atom. The number of hydrogen-bond donors (Lipinski definition) is 1. The second kappa shape index (κ2) is 5.67. The van der Waals surface area contributed by atoms with Crippen molar-refractivity contribution < 1.29 is 8.94 Å². The van der Waals surface area contributed by atoms with Crippen LogP contribution in [0, 0.1) is 0 Å². The first-order valence-electron chi connectivity index (χ1n) is 6.87. The van der Waals surface area contributed by atoms with Gasteiger partial charge in [-0.3, -0.25) is 4.90 Å². The summed E-state index contributed by atoms with van der Waals surface area (Å²) < 4.78 is 10.9. The van der Waals surface area contributed by atoms with Crippen LogP contribution in [0.2, 0.25) is 0 Å². The fourth-order valence-electron chi connectivity index (χ4n) is 2.22. The lowest BCUT2D eigenvalue weighted by Gasteiger charge is -2.20. The fraction of sp³-hybridized carbons (Fsp3) is 0.333. The third-order valence-electron chi connectivity index (χ3n) is 3.59. The molecule has 0 aliphatic rings. The van der Waals surface area contributed by atoms with Crippen molar-refractivity contribution in [3.05, 3.63) is 47.8 Å². The summed E-state index contributed by atoms with van der Waals surface area (Å²) in [7, 11) is 2.00. The van der Waals surface area contributed by atoms with Crippen molar-refractivity contribution in [2.24, 2.45) is 5.73 Å². The van der Waals surface area contributed by atoms with E-state index >= 15 is 0 Å². The molecule has 1 unspecified atom stereocenters. The Labute approximate surface area is 122 Å². The lowest BCUT2D eigenvalue weighted by Crippen LogP contribution is -2.22. The van der Waals surface area contributed by atoms with Crippen molar-refractivity contribution in [3.63, 3.8) is 0 Å². The molecule has 110 valence electrons. The highest BCUT2D eigenvalue weighted by molar-refractivity contribution is 5.77. The van der Waals surface area contributed by atoms with E-state index in [1.165, 1.54) is 0 Å². The number of hydrogen-bond acceptors (Lipinski definition) is 6. The molecular formula is C15H18N4O2. The molecule has 6 nitrogen and oxygen atoms in total. The first kappa shape index (κ1) is 13.8. The maximum absolute atomic E-state index is 5.89. The SMILES string of the molecule is CC(c1cc2ccccc2o1)N(C)Cc1noc(CN)n1. The monoisotopic (exact) mass is 286 g/mol. The van der Waals surface area contributed by atoms with E-state index in [0.29, 0.717) is 18.3 Å². The Bertz CT molecular complexity index is 701. The Hall–Kier alpha value is -2.18. The number of benzene rings is 1. The van der Waals surface area contributed by atoms with Crippen LogP contribution < -0.4 is 5.73 Å². The molecule has 2 heterocycles. The molecule has 2 aromatic heterocycles. The van der Waals surface area contributed by atoms with Gasteiger partial charge in [0.15, 0.2) is 5.82 Å². The summed E-state index contributed by atoms with van der Waals surface area (Å²) in [5.41, 5.74) is 6.36. The van der Waals surface area contributed by atoms with Crippen molar-refractivity contribution in [1.29, 1.82) is 0 Å². The highest BCUT2D eigenvalue weighted by atomic mass is 16.5. The van der Waals surface area contributed by atoms with Crippen LogP contribution in [0.15, 0.2) is 39.3 Å². The molecule has 0 fully saturated rings. The average Bonchev–Trinajstić information content (AvgIpc) is 3.12. The topological polar surface area (TPSA) is 81.3 Å². The minimum absolute atomic E-state index is 0.109. The van der Waals surface area contributed by atoms with Gasteiger partial charge >= 0.3 is 0 Å². The van der Waals surface area contributed by atoms with Crippen LogP contribution in [0.4, 0.5) is 0 Å². The number of nitrogens with zero attached hydrogens (tertiary/aromatic N) is 3. The van der Waals surface area contributed by atoms with E-state index in [0.717, 1.165) is 16.7 Å². The van der Waals surface area contributed by atoms with E-state index in [2.05, 4.69) is 28.0 Å². The van der Waals surface area contributed by atoms with E-state index in [9.17, 15) is 0 Å². The molecule has 0 saturated heterocycles.